The molecule has 0 radical (unpaired) electrons. The number of anilines is 1. The second-order valence-corrected chi connectivity index (χ2v) is 5.38. The van der Waals surface area contributed by atoms with Crippen LogP contribution in [0.1, 0.15) is 18.1 Å². The van der Waals surface area contributed by atoms with Crippen molar-refractivity contribution in [2.45, 2.75) is 20.0 Å². The van der Waals surface area contributed by atoms with Crippen LogP contribution >= 0.6 is 0 Å². The highest BCUT2D eigenvalue weighted by Crippen LogP contribution is 2.30. The molecule has 0 aliphatic heterocycles. The van der Waals surface area contributed by atoms with E-state index in [4.69, 9.17) is 10.5 Å². The van der Waals surface area contributed by atoms with E-state index in [1.807, 2.05) is 48.5 Å². The number of rotatable bonds is 5. The first-order chi connectivity index (χ1) is 11.3. The third-order valence-corrected chi connectivity index (χ3v) is 3.84. The predicted octanol–water partition coefficient (Wildman–Crippen LogP) is 4.47. The van der Waals surface area contributed by atoms with Gasteiger partial charge in [0, 0.05) is 11.8 Å². The zero-order valence-electron chi connectivity index (χ0n) is 13.2. The summed E-state index contributed by atoms with van der Waals surface area (Å²) in [6, 6.07) is 20.2. The smallest absolute Gasteiger partial charge is 0.131 e. The molecule has 0 spiro atoms. The Bertz CT molecular complexity index is 767. The van der Waals surface area contributed by atoms with E-state index in [9.17, 15) is 0 Å². The number of aromatic nitrogens is 1. The molecule has 1 heterocycles. The highest BCUT2D eigenvalue weighted by molar-refractivity contribution is 5.77. The van der Waals surface area contributed by atoms with Crippen molar-refractivity contribution in [2.75, 3.05) is 5.73 Å². The molecule has 3 rings (SSSR count). The number of ether oxygens (including phenoxy) is 1. The van der Waals surface area contributed by atoms with Crippen LogP contribution in [0.4, 0.5) is 5.82 Å². The molecule has 23 heavy (non-hydrogen) atoms. The van der Waals surface area contributed by atoms with E-state index in [-0.39, 0.29) is 0 Å². The van der Waals surface area contributed by atoms with E-state index in [0.717, 1.165) is 28.9 Å². The van der Waals surface area contributed by atoms with E-state index < -0.39 is 0 Å². The van der Waals surface area contributed by atoms with E-state index in [1.165, 1.54) is 5.56 Å². The number of pyridine rings is 1. The fourth-order valence-corrected chi connectivity index (χ4v) is 2.61. The minimum absolute atomic E-state index is 0.565. The lowest BCUT2D eigenvalue weighted by Gasteiger charge is -2.11. The summed E-state index contributed by atoms with van der Waals surface area (Å²) in [6.07, 6.45) is 2.68. The summed E-state index contributed by atoms with van der Waals surface area (Å²) in [5, 5.41) is 0. The topological polar surface area (TPSA) is 48.1 Å². The van der Waals surface area contributed by atoms with E-state index in [2.05, 4.69) is 24.0 Å². The summed E-state index contributed by atoms with van der Waals surface area (Å²) in [5.41, 5.74) is 10.5. The number of aryl methyl sites for hydroxylation is 1. The summed E-state index contributed by atoms with van der Waals surface area (Å²) in [5.74, 6) is 1.42. The molecule has 0 fully saturated rings. The average Bonchev–Trinajstić information content (AvgIpc) is 2.61. The van der Waals surface area contributed by atoms with Crippen molar-refractivity contribution in [1.82, 2.24) is 4.98 Å². The molecule has 0 atom stereocenters. The van der Waals surface area contributed by atoms with Gasteiger partial charge in [-0.1, -0.05) is 49.4 Å². The summed E-state index contributed by atoms with van der Waals surface area (Å²) in [4.78, 5) is 4.21. The second kappa shape index (κ2) is 6.97. The SMILES string of the molecule is CCc1ccnc(N)c1-c1ccc(OCc2ccccc2)cc1. The average molecular weight is 304 g/mol. The molecule has 3 nitrogen and oxygen atoms in total. The normalized spacial score (nSPS) is 10.5. The van der Waals surface area contributed by atoms with Gasteiger partial charge in [0.15, 0.2) is 0 Å². The first-order valence-corrected chi connectivity index (χ1v) is 7.78. The van der Waals surface area contributed by atoms with E-state index in [1.54, 1.807) is 6.20 Å². The van der Waals surface area contributed by atoms with Crippen molar-refractivity contribution in [3.63, 3.8) is 0 Å². The van der Waals surface area contributed by atoms with Crippen molar-refractivity contribution in [2.24, 2.45) is 0 Å². The van der Waals surface area contributed by atoms with Crippen LogP contribution < -0.4 is 10.5 Å². The van der Waals surface area contributed by atoms with Crippen LogP contribution in [0.15, 0.2) is 66.9 Å². The largest absolute Gasteiger partial charge is 0.489 e. The first-order valence-electron chi connectivity index (χ1n) is 7.78. The molecule has 0 unspecified atom stereocenters. The van der Waals surface area contributed by atoms with Gasteiger partial charge in [-0.05, 0) is 41.3 Å². The molecule has 3 aromatic rings. The zero-order chi connectivity index (χ0) is 16.1. The zero-order valence-corrected chi connectivity index (χ0v) is 13.2. The van der Waals surface area contributed by atoms with Crippen LogP contribution in [0, 0.1) is 0 Å². The van der Waals surface area contributed by atoms with Crippen LogP contribution in [0.2, 0.25) is 0 Å². The summed E-state index contributed by atoms with van der Waals surface area (Å²) >= 11 is 0. The third kappa shape index (κ3) is 3.51. The maximum Gasteiger partial charge on any atom is 0.131 e. The van der Waals surface area contributed by atoms with Gasteiger partial charge in [-0.25, -0.2) is 4.98 Å². The fourth-order valence-electron chi connectivity index (χ4n) is 2.61. The Labute approximate surface area is 136 Å². The Balaban J connectivity index is 1.77. The number of nitrogens with zero attached hydrogens (tertiary/aromatic N) is 1. The van der Waals surface area contributed by atoms with Gasteiger partial charge in [0.2, 0.25) is 0 Å². The quantitative estimate of drug-likeness (QED) is 0.756. The second-order valence-electron chi connectivity index (χ2n) is 5.38. The van der Waals surface area contributed by atoms with Gasteiger partial charge < -0.3 is 10.5 Å². The molecule has 2 aromatic carbocycles. The monoisotopic (exact) mass is 304 g/mol. The van der Waals surface area contributed by atoms with Gasteiger partial charge in [0.05, 0.1) is 0 Å². The van der Waals surface area contributed by atoms with Crippen LogP contribution in [0.25, 0.3) is 11.1 Å². The molecular weight excluding hydrogens is 284 g/mol. The molecule has 1 aromatic heterocycles. The minimum Gasteiger partial charge on any atom is -0.489 e. The number of benzene rings is 2. The van der Waals surface area contributed by atoms with E-state index in [0.29, 0.717) is 12.4 Å². The van der Waals surface area contributed by atoms with Crippen molar-refractivity contribution < 1.29 is 4.74 Å². The van der Waals surface area contributed by atoms with Gasteiger partial charge >= 0.3 is 0 Å². The number of hydrogen-bond donors (Lipinski definition) is 1. The summed E-state index contributed by atoms with van der Waals surface area (Å²) in [7, 11) is 0. The molecule has 2 N–H and O–H groups in total. The van der Waals surface area contributed by atoms with Crippen molar-refractivity contribution in [3.8, 4) is 16.9 Å². The number of hydrogen-bond acceptors (Lipinski definition) is 3. The minimum atomic E-state index is 0.565. The fraction of sp³-hybridized carbons (Fsp3) is 0.150. The molecule has 0 saturated heterocycles. The third-order valence-electron chi connectivity index (χ3n) is 3.84. The summed E-state index contributed by atoms with van der Waals surface area (Å²) in [6.45, 7) is 2.69. The highest BCUT2D eigenvalue weighted by atomic mass is 16.5. The van der Waals surface area contributed by atoms with Gasteiger partial charge in [-0.2, -0.15) is 0 Å². The standard InChI is InChI=1S/C20H20N2O/c1-2-16-12-13-22-20(21)19(16)17-8-10-18(11-9-17)23-14-15-6-4-3-5-7-15/h3-13H,2,14H2,1H3,(H2,21,22). The maximum absolute atomic E-state index is 6.06. The lowest BCUT2D eigenvalue weighted by molar-refractivity contribution is 0.306. The van der Waals surface area contributed by atoms with Gasteiger partial charge in [-0.3, -0.25) is 0 Å². The molecule has 0 bridgehead atoms. The lowest BCUT2D eigenvalue weighted by Crippen LogP contribution is -1.98. The van der Waals surface area contributed by atoms with Gasteiger partial charge in [0.1, 0.15) is 18.2 Å². The Morgan fingerprint density at radius 1 is 0.957 bits per heavy atom. The molecule has 0 saturated carbocycles. The van der Waals surface area contributed by atoms with Gasteiger partial charge in [0.25, 0.3) is 0 Å². The van der Waals surface area contributed by atoms with Crippen LogP contribution in [0.5, 0.6) is 5.75 Å². The number of nitrogen functional groups attached to an aromatic ring is 1. The highest BCUT2D eigenvalue weighted by Gasteiger charge is 2.09. The van der Waals surface area contributed by atoms with Crippen LogP contribution in [-0.4, -0.2) is 4.98 Å². The first kappa shape index (κ1) is 15.1. The Kier molecular flexibility index (Phi) is 4.57. The summed E-state index contributed by atoms with van der Waals surface area (Å²) < 4.78 is 5.82. The van der Waals surface area contributed by atoms with Crippen molar-refractivity contribution in [3.05, 3.63) is 78.0 Å². The lowest BCUT2D eigenvalue weighted by atomic mass is 9.99. The molecular formula is C20H20N2O. The van der Waals surface area contributed by atoms with Crippen LogP contribution in [-0.2, 0) is 13.0 Å². The Morgan fingerprint density at radius 3 is 2.39 bits per heavy atom. The van der Waals surface area contributed by atoms with Crippen molar-refractivity contribution in [1.29, 1.82) is 0 Å². The molecule has 0 aliphatic rings. The Morgan fingerprint density at radius 2 is 1.70 bits per heavy atom. The predicted molar refractivity (Wildman–Crippen MR) is 94.2 cm³/mol. The molecule has 3 heteroatoms. The maximum atomic E-state index is 6.06. The van der Waals surface area contributed by atoms with E-state index >= 15 is 0 Å². The van der Waals surface area contributed by atoms with Gasteiger partial charge in [-0.15, -0.1) is 0 Å². The Hall–Kier alpha value is -2.81. The molecule has 0 amide bonds. The molecule has 116 valence electrons. The molecule has 0 aliphatic carbocycles. The van der Waals surface area contributed by atoms with Crippen molar-refractivity contribution >= 4 is 5.82 Å². The van der Waals surface area contributed by atoms with Crippen LogP contribution in [0.3, 0.4) is 0 Å². The number of nitrogens with two attached hydrogens (primary N) is 1.